The molecule has 0 aliphatic heterocycles. The highest BCUT2D eigenvalue weighted by molar-refractivity contribution is 5.61. The fourth-order valence-electron chi connectivity index (χ4n) is 3.21. The zero-order valence-corrected chi connectivity index (χ0v) is 15.9. The number of anilines is 1. The second-order valence-corrected chi connectivity index (χ2v) is 6.94. The van der Waals surface area contributed by atoms with Crippen LogP contribution >= 0.6 is 0 Å². The van der Waals surface area contributed by atoms with E-state index < -0.39 is 0 Å². The van der Waals surface area contributed by atoms with Gasteiger partial charge in [-0.25, -0.2) is 4.98 Å². The summed E-state index contributed by atoms with van der Waals surface area (Å²) in [4.78, 5) is 4.37. The molecule has 0 aliphatic carbocycles. The highest BCUT2D eigenvalue weighted by atomic mass is 14.8. The first-order chi connectivity index (χ1) is 13.3. The molecule has 3 heteroatoms. The number of hydrogen-bond donors (Lipinski definition) is 2. The molecule has 3 N–H and O–H groups in total. The molecule has 0 amide bonds. The van der Waals surface area contributed by atoms with E-state index in [1.807, 2.05) is 18.2 Å². The quantitative estimate of drug-likeness (QED) is 0.508. The van der Waals surface area contributed by atoms with Crippen LogP contribution in [0.5, 0.6) is 0 Å². The molecule has 3 aromatic rings. The van der Waals surface area contributed by atoms with Crippen molar-refractivity contribution in [1.29, 1.82) is 0 Å². The third kappa shape index (κ3) is 6.54. The summed E-state index contributed by atoms with van der Waals surface area (Å²) >= 11 is 0. The van der Waals surface area contributed by atoms with Gasteiger partial charge in [0.15, 0.2) is 0 Å². The van der Waals surface area contributed by atoms with Crippen molar-refractivity contribution in [2.24, 2.45) is 0 Å². The van der Waals surface area contributed by atoms with Crippen LogP contribution in [0.3, 0.4) is 0 Å². The summed E-state index contributed by atoms with van der Waals surface area (Å²) in [6.45, 7) is 2.12. The van der Waals surface area contributed by atoms with Crippen molar-refractivity contribution in [3.8, 4) is 11.3 Å². The van der Waals surface area contributed by atoms with Crippen molar-refractivity contribution < 1.29 is 0 Å². The zero-order valence-electron chi connectivity index (χ0n) is 15.9. The molecule has 0 spiro atoms. The topological polar surface area (TPSA) is 50.9 Å². The minimum atomic E-state index is 0.560. The van der Waals surface area contributed by atoms with Crippen LogP contribution in [-0.2, 0) is 12.8 Å². The normalized spacial score (nSPS) is 10.8. The van der Waals surface area contributed by atoms with E-state index in [1.165, 1.54) is 36.8 Å². The number of hydrogen-bond acceptors (Lipinski definition) is 3. The van der Waals surface area contributed by atoms with Gasteiger partial charge in [0, 0.05) is 5.56 Å². The number of aryl methyl sites for hydroxylation is 1. The number of benzene rings is 2. The van der Waals surface area contributed by atoms with Crippen LogP contribution in [0.4, 0.5) is 5.82 Å². The first-order valence-electron chi connectivity index (χ1n) is 9.88. The number of nitrogens with two attached hydrogens (primary N) is 1. The predicted octanol–water partition coefficient (Wildman–Crippen LogP) is 4.88. The van der Waals surface area contributed by atoms with Gasteiger partial charge in [-0.2, -0.15) is 0 Å². The summed E-state index contributed by atoms with van der Waals surface area (Å²) in [7, 11) is 0. The highest BCUT2D eigenvalue weighted by Crippen LogP contribution is 2.18. The largest absolute Gasteiger partial charge is 0.384 e. The second-order valence-electron chi connectivity index (χ2n) is 6.94. The Hall–Kier alpha value is -2.65. The first kappa shape index (κ1) is 19.1. The summed E-state index contributed by atoms with van der Waals surface area (Å²) in [6, 6.07) is 25.1. The molecule has 0 fully saturated rings. The van der Waals surface area contributed by atoms with Crippen molar-refractivity contribution in [3.63, 3.8) is 0 Å². The van der Waals surface area contributed by atoms with Gasteiger partial charge in [0.2, 0.25) is 0 Å². The van der Waals surface area contributed by atoms with Gasteiger partial charge in [0.25, 0.3) is 0 Å². The number of nitrogens with zero attached hydrogens (tertiary/aromatic N) is 1. The van der Waals surface area contributed by atoms with E-state index in [-0.39, 0.29) is 0 Å². The van der Waals surface area contributed by atoms with Crippen molar-refractivity contribution in [3.05, 3.63) is 83.9 Å². The lowest BCUT2D eigenvalue weighted by Crippen LogP contribution is -2.18. The van der Waals surface area contributed by atoms with Crippen LogP contribution in [-0.4, -0.2) is 18.1 Å². The van der Waals surface area contributed by atoms with Crippen LogP contribution in [0.25, 0.3) is 11.3 Å². The number of aromatic nitrogens is 1. The molecule has 140 valence electrons. The van der Waals surface area contributed by atoms with Gasteiger partial charge in [-0.3, -0.25) is 0 Å². The molecule has 2 aromatic carbocycles. The smallest absolute Gasteiger partial charge is 0.124 e. The monoisotopic (exact) mass is 359 g/mol. The average molecular weight is 360 g/mol. The number of nitrogen functional groups attached to an aromatic ring is 1. The van der Waals surface area contributed by atoms with Gasteiger partial charge >= 0.3 is 0 Å². The van der Waals surface area contributed by atoms with Crippen LogP contribution in [0, 0.1) is 0 Å². The highest BCUT2D eigenvalue weighted by Gasteiger charge is 2.00. The van der Waals surface area contributed by atoms with Gasteiger partial charge in [0.05, 0.1) is 5.69 Å². The molecule has 0 atom stereocenters. The molecule has 0 aliphatic rings. The maximum Gasteiger partial charge on any atom is 0.124 e. The van der Waals surface area contributed by atoms with E-state index in [0.29, 0.717) is 5.82 Å². The Kier molecular flexibility index (Phi) is 7.43. The van der Waals surface area contributed by atoms with E-state index in [9.17, 15) is 0 Å². The number of unbranched alkanes of at least 4 members (excludes halogenated alkanes) is 2. The summed E-state index contributed by atoms with van der Waals surface area (Å²) in [5.41, 5.74) is 10.6. The maximum atomic E-state index is 5.76. The molecule has 0 saturated heterocycles. The minimum Gasteiger partial charge on any atom is -0.384 e. The fraction of sp³-hybridized carbons (Fsp3) is 0.292. The van der Waals surface area contributed by atoms with E-state index >= 15 is 0 Å². The van der Waals surface area contributed by atoms with Gasteiger partial charge in [-0.05, 0) is 62.0 Å². The van der Waals surface area contributed by atoms with Gasteiger partial charge in [-0.1, -0.05) is 67.1 Å². The molecule has 0 radical (unpaired) electrons. The lowest BCUT2D eigenvalue weighted by molar-refractivity contribution is 0.603. The Morgan fingerprint density at radius 1 is 0.667 bits per heavy atom. The predicted molar refractivity (Wildman–Crippen MR) is 115 cm³/mol. The molecule has 0 bridgehead atoms. The third-order valence-corrected chi connectivity index (χ3v) is 4.77. The van der Waals surface area contributed by atoms with Crippen LogP contribution in [0.15, 0.2) is 72.8 Å². The Morgan fingerprint density at radius 2 is 1.44 bits per heavy atom. The molecule has 3 nitrogen and oxygen atoms in total. The number of pyridine rings is 1. The molecule has 0 saturated carbocycles. The van der Waals surface area contributed by atoms with E-state index in [1.54, 1.807) is 0 Å². The van der Waals surface area contributed by atoms with Gasteiger partial charge < -0.3 is 11.1 Å². The van der Waals surface area contributed by atoms with E-state index in [0.717, 1.165) is 30.8 Å². The van der Waals surface area contributed by atoms with Crippen molar-refractivity contribution in [2.75, 3.05) is 18.8 Å². The van der Waals surface area contributed by atoms with Crippen molar-refractivity contribution >= 4 is 5.82 Å². The first-order valence-corrected chi connectivity index (χ1v) is 9.88. The molecule has 27 heavy (non-hydrogen) atoms. The Labute approximate surface area is 162 Å². The molecular weight excluding hydrogens is 330 g/mol. The number of nitrogens with one attached hydrogen (secondary N) is 1. The Balaban J connectivity index is 1.29. The molecule has 1 aromatic heterocycles. The van der Waals surface area contributed by atoms with E-state index in [4.69, 9.17) is 5.73 Å². The summed E-state index contributed by atoms with van der Waals surface area (Å²) in [5.74, 6) is 0.560. The lowest BCUT2D eigenvalue weighted by atomic mass is 10.1. The average Bonchev–Trinajstić information content (AvgIpc) is 2.71. The SMILES string of the molecule is Nc1cccc(-c2ccc(CCNCCCCCc3ccccc3)cc2)n1. The van der Waals surface area contributed by atoms with E-state index in [2.05, 4.69) is 64.9 Å². The zero-order chi connectivity index (χ0) is 18.7. The van der Waals surface area contributed by atoms with Crippen molar-refractivity contribution in [2.45, 2.75) is 32.1 Å². The van der Waals surface area contributed by atoms with Crippen LogP contribution in [0.1, 0.15) is 30.4 Å². The summed E-state index contributed by atoms with van der Waals surface area (Å²) in [5, 5.41) is 3.56. The van der Waals surface area contributed by atoms with Gasteiger partial charge in [0.1, 0.15) is 5.82 Å². The van der Waals surface area contributed by atoms with Crippen LogP contribution in [0.2, 0.25) is 0 Å². The summed E-state index contributed by atoms with van der Waals surface area (Å²) in [6.07, 6.45) is 6.03. The third-order valence-electron chi connectivity index (χ3n) is 4.77. The number of rotatable bonds is 10. The lowest BCUT2D eigenvalue weighted by Gasteiger charge is -2.07. The fourth-order valence-corrected chi connectivity index (χ4v) is 3.21. The Bertz CT molecular complexity index is 797. The van der Waals surface area contributed by atoms with Crippen LogP contribution < -0.4 is 11.1 Å². The molecule has 0 unspecified atom stereocenters. The van der Waals surface area contributed by atoms with Crippen molar-refractivity contribution in [1.82, 2.24) is 10.3 Å². The Morgan fingerprint density at radius 3 is 2.22 bits per heavy atom. The minimum absolute atomic E-state index is 0.560. The molecular formula is C24H29N3. The van der Waals surface area contributed by atoms with Gasteiger partial charge in [-0.15, -0.1) is 0 Å². The maximum absolute atomic E-state index is 5.76. The standard InChI is InChI=1S/C24H29N3/c25-24-12-7-11-23(27-24)22-15-13-21(14-16-22)17-19-26-18-6-2-5-10-20-8-3-1-4-9-20/h1,3-4,7-9,11-16,26H,2,5-6,10,17-19H2,(H2,25,27). The second kappa shape index (κ2) is 10.5. The summed E-state index contributed by atoms with van der Waals surface area (Å²) < 4.78 is 0. The molecule has 3 rings (SSSR count). The molecule has 1 heterocycles.